The van der Waals surface area contributed by atoms with Gasteiger partial charge in [-0.2, -0.15) is 5.10 Å². The Morgan fingerprint density at radius 2 is 2.21 bits per heavy atom. The fraction of sp³-hybridized carbons (Fsp3) is 0.550. The molecule has 8 heteroatoms. The third kappa shape index (κ3) is 5.45. The number of nitrogens with zero attached hydrogens (tertiary/aromatic N) is 4. The van der Waals surface area contributed by atoms with Crippen LogP contribution in [0.2, 0.25) is 0 Å². The van der Waals surface area contributed by atoms with E-state index >= 15 is 0 Å². The number of para-hydroxylation sites is 1. The first-order valence-corrected chi connectivity index (χ1v) is 9.76. The van der Waals surface area contributed by atoms with Crippen molar-refractivity contribution in [2.75, 3.05) is 27.3 Å². The molecule has 1 atom stereocenters. The lowest BCUT2D eigenvalue weighted by molar-refractivity contribution is 0.177. The van der Waals surface area contributed by atoms with Crippen LogP contribution in [-0.4, -0.2) is 54.1 Å². The molecule has 2 N–H and O–H groups in total. The van der Waals surface area contributed by atoms with Gasteiger partial charge in [0.2, 0.25) is 0 Å². The molecule has 0 amide bonds. The third-order valence-corrected chi connectivity index (χ3v) is 4.70. The number of nitrogens with one attached hydrogen (secondary N) is 2. The summed E-state index contributed by atoms with van der Waals surface area (Å²) in [6.07, 6.45) is 2.80. The molecule has 0 spiro atoms. The number of aromatic nitrogens is 3. The van der Waals surface area contributed by atoms with E-state index < -0.39 is 0 Å². The standard InChI is InChI=1S/C20H30N6O2/c1-15-7-4-5-8-17(15)28-12-6-11-22-20(21-2)23-16-9-10-19-24-18(14-27-3)25-26(19)13-16/h4-5,7-8,16H,6,9-14H2,1-3H3,(H2,21,22,23). The number of methoxy groups -OCH3 is 1. The van der Waals surface area contributed by atoms with Gasteiger partial charge in [-0.3, -0.25) is 4.99 Å². The lowest BCUT2D eigenvalue weighted by Crippen LogP contribution is -2.47. The molecule has 0 saturated carbocycles. The van der Waals surface area contributed by atoms with E-state index in [1.165, 1.54) is 0 Å². The second kappa shape index (κ2) is 10.1. The first kappa shape index (κ1) is 20.1. The number of aliphatic imine (C=N–C) groups is 1. The van der Waals surface area contributed by atoms with Gasteiger partial charge in [0.05, 0.1) is 13.2 Å². The quantitative estimate of drug-likeness (QED) is 0.408. The van der Waals surface area contributed by atoms with Crippen LogP contribution in [0.4, 0.5) is 0 Å². The predicted octanol–water partition coefficient (Wildman–Crippen LogP) is 1.68. The summed E-state index contributed by atoms with van der Waals surface area (Å²) in [6.45, 7) is 4.75. The molecular formula is C20H30N6O2. The predicted molar refractivity (Wildman–Crippen MR) is 109 cm³/mol. The third-order valence-electron chi connectivity index (χ3n) is 4.70. The zero-order valence-corrected chi connectivity index (χ0v) is 16.9. The average molecular weight is 387 g/mol. The highest BCUT2D eigenvalue weighted by Gasteiger charge is 2.22. The van der Waals surface area contributed by atoms with Gasteiger partial charge in [0.1, 0.15) is 18.2 Å². The maximum atomic E-state index is 5.83. The van der Waals surface area contributed by atoms with Crippen molar-refractivity contribution in [3.05, 3.63) is 41.5 Å². The molecule has 2 heterocycles. The molecule has 28 heavy (non-hydrogen) atoms. The van der Waals surface area contributed by atoms with Gasteiger partial charge in [0.25, 0.3) is 0 Å². The summed E-state index contributed by atoms with van der Waals surface area (Å²) in [7, 11) is 3.45. The minimum atomic E-state index is 0.277. The Labute approximate surface area is 166 Å². The smallest absolute Gasteiger partial charge is 0.191 e. The molecule has 1 unspecified atom stereocenters. The Hall–Kier alpha value is -2.61. The molecule has 0 bridgehead atoms. The SMILES string of the molecule is CN=C(NCCCOc1ccccc1C)NC1CCc2nc(COC)nn2C1. The maximum Gasteiger partial charge on any atom is 0.191 e. The van der Waals surface area contributed by atoms with Crippen LogP contribution in [0.3, 0.4) is 0 Å². The maximum absolute atomic E-state index is 5.83. The van der Waals surface area contributed by atoms with Crippen molar-refractivity contribution >= 4 is 5.96 Å². The van der Waals surface area contributed by atoms with Gasteiger partial charge in [-0.05, 0) is 31.4 Å². The number of fused-ring (bicyclic) bond motifs is 1. The minimum absolute atomic E-state index is 0.277. The van der Waals surface area contributed by atoms with E-state index in [1.54, 1.807) is 14.2 Å². The van der Waals surface area contributed by atoms with Crippen LogP contribution in [0.15, 0.2) is 29.3 Å². The van der Waals surface area contributed by atoms with Crippen LogP contribution in [-0.2, 0) is 24.3 Å². The summed E-state index contributed by atoms with van der Waals surface area (Å²) in [5.74, 6) is 3.53. The van der Waals surface area contributed by atoms with Crippen LogP contribution >= 0.6 is 0 Å². The number of aryl methyl sites for hydroxylation is 2. The summed E-state index contributed by atoms with van der Waals surface area (Å²) in [4.78, 5) is 8.85. The minimum Gasteiger partial charge on any atom is -0.493 e. The van der Waals surface area contributed by atoms with Crippen molar-refractivity contribution in [2.24, 2.45) is 4.99 Å². The van der Waals surface area contributed by atoms with Gasteiger partial charge in [-0.15, -0.1) is 0 Å². The molecule has 3 rings (SSSR count). The topological polar surface area (TPSA) is 85.6 Å². The van der Waals surface area contributed by atoms with Gasteiger partial charge in [0, 0.05) is 33.2 Å². The number of hydrogen-bond donors (Lipinski definition) is 2. The van der Waals surface area contributed by atoms with Crippen LogP contribution in [0.25, 0.3) is 0 Å². The first-order chi connectivity index (χ1) is 13.7. The van der Waals surface area contributed by atoms with Crippen molar-refractivity contribution < 1.29 is 9.47 Å². The summed E-state index contributed by atoms with van der Waals surface area (Å²) in [6, 6.07) is 8.35. The number of guanidine groups is 1. The first-order valence-electron chi connectivity index (χ1n) is 9.76. The van der Waals surface area contributed by atoms with Gasteiger partial charge < -0.3 is 20.1 Å². The molecule has 1 aliphatic heterocycles. The van der Waals surface area contributed by atoms with Crippen LogP contribution in [0.1, 0.15) is 30.1 Å². The Morgan fingerprint density at radius 3 is 3.00 bits per heavy atom. The van der Waals surface area contributed by atoms with Crippen molar-refractivity contribution in [1.29, 1.82) is 0 Å². The van der Waals surface area contributed by atoms with Gasteiger partial charge in [-0.1, -0.05) is 18.2 Å². The van der Waals surface area contributed by atoms with Crippen LogP contribution in [0, 0.1) is 6.92 Å². The monoisotopic (exact) mass is 386 g/mol. The fourth-order valence-corrected chi connectivity index (χ4v) is 3.24. The summed E-state index contributed by atoms with van der Waals surface area (Å²) in [5.41, 5.74) is 1.16. The molecule has 2 aromatic rings. The molecule has 0 saturated heterocycles. The van der Waals surface area contributed by atoms with Crippen molar-refractivity contribution in [1.82, 2.24) is 25.4 Å². The second-order valence-electron chi connectivity index (χ2n) is 6.91. The highest BCUT2D eigenvalue weighted by molar-refractivity contribution is 5.79. The number of ether oxygens (including phenoxy) is 2. The van der Waals surface area contributed by atoms with Crippen molar-refractivity contribution in [3.63, 3.8) is 0 Å². The number of benzene rings is 1. The largest absolute Gasteiger partial charge is 0.493 e. The fourth-order valence-electron chi connectivity index (χ4n) is 3.24. The molecular weight excluding hydrogens is 356 g/mol. The van der Waals surface area contributed by atoms with E-state index in [1.807, 2.05) is 22.9 Å². The van der Waals surface area contributed by atoms with Crippen LogP contribution < -0.4 is 15.4 Å². The average Bonchev–Trinajstić information content (AvgIpc) is 3.10. The van der Waals surface area contributed by atoms with E-state index in [4.69, 9.17) is 9.47 Å². The molecule has 0 radical (unpaired) electrons. The lowest BCUT2D eigenvalue weighted by Gasteiger charge is -2.25. The van der Waals surface area contributed by atoms with Crippen molar-refractivity contribution in [2.45, 2.75) is 45.4 Å². The summed E-state index contributed by atoms with van der Waals surface area (Å²) >= 11 is 0. The lowest BCUT2D eigenvalue weighted by atomic mass is 10.1. The Morgan fingerprint density at radius 1 is 1.36 bits per heavy atom. The Bertz CT molecular complexity index is 789. The van der Waals surface area contributed by atoms with E-state index in [-0.39, 0.29) is 6.04 Å². The molecule has 0 aliphatic carbocycles. The van der Waals surface area contributed by atoms with Gasteiger partial charge in [-0.25, -0.2) is 9.67 Å². The highest BCUT2D eigenvalue weighted by Crippen LogP contribution is 2.16. The Kier molecular flexibility index (Phi) is 7.25. The molecule has 1 aromatic heterocycles. The van der Waals surface area contributed by atoms with E-state index in [0.717, 1.165) is 61.3 Å². The second-order valence-corrected chi connectivity index (χ2v) is 6.91. The molecule has 152 valence electrons. The van der Waals surface area contributed by atoms with Crippen LogP contribution in [0.5, 0.6) is 5.75 Å². The molecule has 1 aliphatic rings. The summed E-state index contributed by atoms with van der Waals surface area (Å²) in [5, 5.41) is 11.4. The van der Waals surface area contributed by atoms with E-state index in [2.05, 4.69) is 38.7 Å². The molecule has 8 nitrogen and oxygen atoms in total. The molecule has 1 aromatic carbocycles. The van der Waals surface area contributed by atoms with E-state index in [0.29, 0.717) is 13.2 Å². The van der Waals surface area contributed by atoms with Crippen molar-refractivity contribution in [3.8, 4) is 5.75 Å². The van der Waals surface area contributed by atoms with E-state index in [9.17, 15) is 0 Å². The number of rotatable bonds is 8. The Balaban J connectivity index is 1.39. The highest BCUT2D eigenvalue weighted by atomic mass is 16.5. The number of hydrogen-bond acceptors (Lipinski definition) is 5. The molecule has 0 fully saturated rings. The summed E-state index contributed by atoms with van der Waals surface area (Å²) < 4.78 is 12.9. The normalized spacial score (nSPS) is 16.5. The zero-order chi connectivity index (χ0) is 19.8. The zero-order valence-electron chi connectivity index (χ0n) is 16.9. The van der Waals surface area contributed by atoms with Gasteiger partial charge >= 0.3 is 0 Å². The van der Waals surface area contributed by atoms with Gasteiger partial charge in [0.15, 0.2) is 11.8 Å².